The van der Waals surface area contributed by atoms with Crippen LogP contribution in [-0.2, 0) is 9.53 Å². The molecule has 1 saturated heterocycles. The van der Waals surface area contributed by atoms with Crippen LogP contribution in [0.5, 0.6) is 0 Å². The number of carbonyl (C=O) groups is 2. The van der Waals surface area contributed by atoms with E-state index >= 15 is 0 Å². The zero-order chi connectivity index (χ0) is 20.9. The van der Waals surface area contributed by atoms with Gasteiger partial charge in [0.1, 0.15) is 11.6 Å². The molecule has 0 spiro atoms. The Labute approximate surface area is 166 Å². The molecule has 2 rings (SSSR count). The number of esters is 1. The summed E-state index contributed by atoms with van der Waals surface area (Å²) in [7, 11) is 1.27. The van der Waals surface area contributed by atoms with Crippen LogP contribution in [0.3, 0.4) is 0 Å². The number of piperidine rings is 1. The molecule has 1 aliphatic rings. The molecule has 1 aliphatic heterocycles. The van der Waals surface area contributed by atoms with Gasteiger partial charge >= 0.3 is 5.97 Å². The summed E-state index contributed by atoms with van der Waals surface area (Å²) < 4.78 is 4.72. The number of ether oxygens (including phenoxy) is 1. The molecule has 0 atom stereocenters. The van der Waals surface area contributed by atoms with Gasteiger partial charge in [0.05, 0.1) is 18.4 Å². The first-order valence-electron chi connectivity index (χ1n) is 9.21. The number of para-hydroxylation sites is 1. The Bertz CT molecular complexity index is 805. The van der Waals surface area contributed by atoms with Gasteiger partial charge in [-0.3, -0.25) is 4.79 Å². The number of methoxy groups -OCH3 is 1. The summed E-state index contributed by atoms with van der Waals surface area (Å²) in [5, 5.41) is 18.8. The van der Waals surface area contributed by atoms with Crippen LogP contribution in [-0.4, -0.2) is 36.1 Å². The van der Waals surface area contributed by atoms with Crippen LogP contribution >= 0.6 is 0 Å². The summed E-state index contributed by atoms with van der Waals surface area (Å²) in [6.45, 7) is 8.53. The van der Waals surface area contributed by atoms with E-state index in [0.717, 1.165) is 12.8 Å². The number of hydrogen-bond donors (Lipinski definition) is 3. The van der Waals surface area contributed by atoms with Crippen LogP contribution in [0.1, 0.15) is 50.9 Å². The van der Waals surface area contributed by atoms with Crippen LogP contribution in [0, 0.1) is 11.3 Å². The molecular weight excluding hydrogens is 356 g/mol. The second kappa shape index (κ2) is 8.44. The predicted octanol–water partition coefficient (Wildman–Crippen LogP) is 2.72. The lowest BCUT2D eigenvalue weighted by atomic mass is 9.80. The van der Waals surface area contributed by atoms with Gasteiger partial charge in [-0.25, -0.2) is 4.79 Å². The van der Waals surface area contributed by atoms with Crippen LogP contribution in [0.2, 0.25) is 0 Å². The van der Waals surface area contributed by atoms with E-state index in [-0.39, 0.29) is 28.3 Å². The summed E-state index contributed by atoms with van der Waals surface area (Å²) in [6, 6.07) is 8.55. The maximum Gasteiger partial charge on any atom is 0.339 e. The van der Waals surface area contributed by atoms with Gasteiger partial charge in [-0.15, -0.1) is 0 Å². The highest BCUT2D eigenvalue weighted by atomic mass is 16.5. The fraction of sp³-hybridized carbons (Fsp3) is 0.476. The lowest BCUT2D eigenvalue weighted by Crippen LogP contribution is -2.61. The number of hydrogen-bond acceptors (Lipinski definition) is 6. The van der Waals surface area contributed by atoms with Gasteiger partial charge in [-0.1, -0.05) is 12.1 Å². The molecule has 7 heteroatoms. The average molecular weight is 384 g/mol. The van der Waals surface area contributed by atoms with Crippen molar-refractivity contribution in [3.63, 3.8) is 0 Å². The van der Waals surface area contributed by atoms with Crippen molar-refractivity contribution in [2.24, 2.45) is 0 Å². The molecule has 1 amide bonds. The number of anilines is 1. The molecule has 1 aromatic carbocycles. The topological polar surface area (TPSA) is 103 Å². The number of amides is 1. The molecule has 150 valence electrons. The lowest BCUT2D eigenvalue weighted by molar-refractivity contribution is -0.112. The molecule has 1 aromatic rings. The minimum absolute atomic E-state index is 0.0538. The zero-order valence-electron chi connectivity index (χ0n) is 17.1. The average Bonchev–Trinajstić information content (AvgIpc) is 2.59. The van der Waals surface area contributed by atoms with Gasteiger partial charge in [0.15, 0.2) is 0 Å². The highest BCUT2D eigenvalue weighted by Gasteiger charge is 2.37. The number of benzene rings is 1. The Morgan fingerprint density at radius 3 is 2.39 bits per heavy atom. The predicted molar refractivity (Wildman–Crippen MR) is 108 cm³/mol. The summed E-state index contributed by atoms with van der Waals surface area (Å²) in [5.41, 5.74) is 0.354. The van der Waals surface area contributed by atoms with E-state index in [1.54, 1.807) is 24.3 Å². The molecule has 0 unspecified atom stereocenters. The maximum atomic E-state index is 12.5. The molecule has 0 aliphatic carbocycles. The van der Waals surface area contributed by atoms with Crippen LogP contribution in [0.4, 0.5) is 5.69 Å². The third-order valence-electron chi connectivity index (χ3n) is 4.60. The van der Waals surface area contributed by atoms with Crippen molar-refractivity contribution < 1.29 is 14.3 Å². The van der Waals surface area contributed by atoms with Crippen molar-refractivity contribution in [2.45, 2.75) is 57.7 Å². The zero-order valence-corrected chi connectivity index (χ0v) is 17.1. The van der Waals surface area contributed by atoms with E-state index in [1.807, 2.05) is 6.07 Å². The number of nitriles is 1. The van der Waals surface area contributed by atoms with E-state index in [9.17, 15) is 14.9 Å². The lowest BCUT2D eigenvalue weighted by Gasteiger charge is -2.46. The Morgan fingerprint density at radius 2 is 1.82 bits per heavy atom. The first-order valence-corrected chi connectivity index (χ1v) is 9.21. The van der Waals surface area contributed by atoms with E-state index in [4.69, 9.17) is 4.74 Å². The molecule has 0 radical (unpaired) electrons. The van der Waals surface area contributed by atoms with Gasteiger partial charge in [0.25, 0.3) is 5.91 Å². The molecule has 7 nitrogen and oxygen atoms in total. The first-order chi connectivity index (χ1) is 13.1. The monoisotopic (exact) mass is 384 g/mol. The fourth-order valence-electron chi connectivity index (χ4n) is 3.86. The molecule has 1 fully saturated rings. The molecule has 0 bridgehead atoms. The van der Waals surface area contributed by atoms with Crippen molar-refractivity contribution in [2.75, 3.05) is 12.4 Å². The molecule has 3 N–H and O–H groups in total. The molecule has 28 heavy (non-hydrogen) atoms. The second-order valence-electron chi connectivity index (χ2n) is 8.33. The Hall–Kier alpha value is -2.85. The van der Waals surface area contributed by atoms with Crippen LogP contribution in [0.15, 0.2) is 36.0 Å². The van der Waals surface area contributed by atoms with Gasteiger partial charge in [-0.2, -0.15) is 5.26 Å². The summed E-state index contributed by atoms with van der Waals surface area (Å²) in [5.74, 6) is -1.14. The largest absolute Gasteiger partial charge is 0.465 e. The fourth-order valence-corrected chi connectivity index (χ4v) is 3.86. The number of rotatable bonds is 5. The maximum absolute atomic E-state index is 12.5. The van der Waals surface area contributed by atoms with E-state index in [1.165, 1.54) is 13.3 Å². The van der Waals surface area contributed by atoms with Crippen LogP contribution < -0.4 is 16.0 Å². The van der Waals surface area contributed by atoms with Gasteiger partial charge in [0.2, 0.25) is 0 Å². The van der Waals surface area contributed by atoms with E-state index < -0.39 is 11.9 Å². The van der Waals surface area contributed by atoms with Crippen molar-refractivity contribution in [3.8, 4) is 6.07 Å². The van der Waals surface area contributed by atoms with E-state index in [2.05, 4.69) is 43.6 Å². The van der Waals surface area contributed by atoms with Gasteiger partial charge in [0, 0.05) is 23.3 Å². The van der Waals surface area contributed by atoms with Crippen molar-refractivity contribution in [1.29, 1.82) is 5.26 Å². The highest BCUT2D eigenvalue weighted by Crippen LogP contribution is 2.28. The summed E-state index contributed by atoms with van der Waals surface area (Å²) >= 11 is 0. The van der Waals surface area contributed by atoms with Crippen molar-refractivity contribution >= 4 is 17.6 Å². The highest BCUT2D eigenvalue weighted by molar-refractivity contribution is 6.09. The molecule has 0 aromatic heterocycles. The Kier molecular flexibility index (Phi) is 6.47. The summed E-state index contributed by atoms with van der Waals surface area (Å²) in [4.78, 5) is 24.4. The minimum Gasteiger partial charge on any atom is -0.465 e. The molecule has 1 heterocycles. The SMILES string of the molecule is COC(=O)c1ccccc1NC(=O)/C(C#N)=C\NC1CC(C)(C)NC(C)(C)C1. The quantitative estimate of drug-likeness (QED) is 0.410. The normalized spacial score (nSPS) is 18.6. The molecular formula is C21H28N4O3. The van der Waals surface area contributed by atoms with Crippen molar-refractivity contribution in [1.82, 2.24) is 10.6 Å². The standard InChI is InChI=1S/C21H28N4O3/c1-20(2)10-15(11-21(3,4)25-20)23-13-14(12-22)18(26)24-17-9-7-6-8-16(17)19(27)28-5/h6-9,13,15,23,25H,10-11H2,1-5H3,(H,24,26)/b14-13-. The van der Waals surface area contributed by atoms with Crippen LogP contribution in [0.25, 0.3) is 0 Å². The smallest absolute Gasteiger partial charge is 0.339 e. The number of nitrogens with zero attached hydrogens (tertiary/aromatic N) is 1. The Morgan fingerprint density at radius 1 is 1.21 bits per heavy atom. The van der Waals surface area contributed by atoms with Gasteiger partial charge in [-0.05, 0) is 52.7 Å². The first kappa shape index (κ1) is 21.5. The van der Waals surface area contributed by atoms with Gasteiger partial charge < -0.3 is 20.7 Å². The minimum atomic E-state index is -0.584. The van der Waals surface area contributed by atoms with E-state index in [0.29, 0.717) is 5.69 Å². The third kappa shape index (κ3) is 5.57. The number of carbonyl (C=O) groups excluding carboxylic acids is 2. The third-order valence-corrected chi connectivity index (χ3v) is 4.60. The van der Waals surface area contributed by atoms with Crippen molar-refractivity contribution in [3.05, 3.63) is 41.6 Å². The molecule has 0 saturated carbocycles. The second-order valence-corrected chi connectivity index (χ2v) is 8.33. The number of nitrogens with one attached hydrogen (secondary N) is 3. The Balaban J connectivity index is 2.12. The summed E-state index contributed by atoms with van der Waals surface area (Å²) in [6.07, 6.45) is 3.18.